The highest BCUT2D eigenvalue weighted by atomic mass is 32.1. The molecule has 0 aliphatic rings. The number of rotatable bonds is 5. The second-order valence-corrected chi connectivity index (χ2v) is 8.80. The standard InChI is InChI=1S/C24H19NOS2/c1-26-20-12-10-17(11-13-20)16-25(23-14-18-6-2-4-8-21(18)27-23)24-15-19-7-3-5-9-22(19)28-24/h2-15H,16H2,1H3. The molecule has 2 heterocycles. The van der Waals surface area contributed by atoms with Gasteiger partial charge >= 0.3 is 0 Å². The smallest absolute Gasteiger partial charge is 0.118 e. The van der Waals surface area contributed by atoms with Crippen LogP contribution in [0.3, 0.4) is 0 Å². The third-order valence-electron chi connectivity index (χ3n) is 4.86. The van der Waals surface area contributed by atoms with Crippen molar-refractivity contribution in [3.8, 4) is 5.75 Å². The van der Waals surface area contributed by atoms with Crippen LogP contribution in [-0.2, 0) is 6.54 Å². The third-order valence-corrected chi connectivity index (χ3v) is 7.13. The molecule has 5 rings (SSSR count). The molecule has 5 aromatic rings. The van der Waals surface area contributed by atoms with Gasteiger partial charge in [0.2, 0.25) is 0 Å². The maximum Gasteiger partial charge on any atom is 0.118 e. The maximum absolute atomic E-state index is 5.31. The van der Waals surface area contributed by atoms with Crippen LogP contribution in [0.1, 0.15) is 5.56 Å². The van der Waals surface area contributed by atoms with Crippen LogP contribution < -0.4 is 9.64 Å². The molecular formula is C24H19NOS2. The van der Waals surface area contributed by atoms with Gasteiger partial charge in [0.25, 0.3) is 0 Å². The van der Waals surface area contributed by atoms with E-state index in [0.717, 1.165) is 12.3 Å². The molecule has 0 aliphatic heterocycles. The molecule has 0 atom stereocenters. The molecule has 0 bridgehead atoms. The highest BCUT2D eigenvalue weighted by Crippen LogP contribution is 2.42. The van der Waals surface area contributed by atoms with Crippen LogP contribution in [0, 0.1) is 0 Å². The quantitative estimate of drug-likeness (QED) is 0.303. The van der Waals surface area contributed by atoms with Crippen molar-refractivity contribution >= 4 is 52.8 Å². The van der Waals surface area contributed by atoms with Crippen LogP contribution in [0.25, 0.3) is 20.2 Å². The van der Waals surface area contributed by atoms with E-state index in [9.17, 15) is 0 Å². The number of fused-ring (bicyclic) bond motifs is 2. The largest absolute Gasteiger partial charge is 0.497 e. The van der Waals surface area contributed by atoms with Gasteiger partial charge in [-0.15, -0.1) is 22.7 Å². The number of nitrogens with zero attached hydrogens (tertiary/aromatic N) is 1. The van der Waals surface area contributed by atoms with E-state index >= 15 is 0 Å². The molecule has 0 fully saturated rings. The Bertz CT molecular complexity index is 1100. The van der Waals surface area contributed by atoms with Gasteiger partial charge in [-0.05, 0) is 52.7 Å². The summed E-state index contributed by atoms with van der Waals surface area (Å²) in [6.45, 7) is 0.823. The first-order valence-electron chi connectivity index (χ1n) is 9.18. The van der Waals surface area contributed by atoms with Crippen molar-refractivity contribution in [1.82, 2.24) is 0 Å². The average molecular weight is 402 g/mol. The summed E-state index contributed by atoms with van der Waals surface area (Å²) in [5.74, 6) is 0.888. The highest BCUT2D eigenvalue weighted by Gasteiger charge is 2.16. The minimum Gasteiger partial charge on any atom is -0.497 e. The minimum atomic E-state index is 0.823. The second-order valence-electron chi connectivity index (χ2n) is 6.68. The molecule has 2 nitrogen and oxygen atoms in total. The summed E-state index contributed by atoms with van der Waals surface area (Å²) in [6, 6.07) is 30.1. The SMILES string of the molecule is COc1ccc(CN(c2cc3ccccc3s2)c2cc3ccccc3s2)cc1. The second kappa shape index (κ2) is 7.30. The lowest BCUT2D eigenvalue weighted by molar-refractivity contribution is 0.414. The van der Waals surface area contributed by atoms with Crippen LogP contribution in [0.5, 0.6) is 5.75 Å². The molecule has 28 heavy (non-hydrogen) atoms. The van der Waals surface area contributed by atoms with Crippen molar-refractivity contribution in [2.24, 2.45) is 0 Å². The monoisotopic (exact) mass is 401 g/mol. The predicted octanol–water partition coefficient (Wildman–Crippen LogP) is 7.46. The van der Waals surface area contributed by atoms with E-state index in [0.29, 0.717) is 0 Å². The summed E-state index contributed by atoms with van der Waals surface area (Å²) in [4.78, 5) is 2.43. The van der Waals surface area contributed by atoms with Gasteiger partial charge in [-0.3, -0.25) is 0 Å². The van der Waals surface area contributed by atoms with Gasteiger partial charge in [-0.1, -0.05) is 48.5 Å². The van der Waals surface area contributed by atoms with Crippen molar-refractivity contribution in [3.05, 3.63) is 90.5 Å². The molecule has 4 heteroatoms. The third kappa shape index (κ3) is 3.26. The lowest BCUT2D eigenvalue weighted by atomic mass is 10.2. The van der Waals surface area contributed by atoms with Crippen LogP contribution in [-0.4, -0.2) is 7.11 Å². The van der Waals surface area contributed by atoms with Gasteiger partial charge in [-0.2, -0.15) is 0 Å². The van der Waals surface area contributed by atoms with E-state index in [-0.39, 0.29) is 0 Å². The molecule has 138 valence electrons. The normalized spacial score (nSPS) is 11.2. The van der Waals surface area contributed by atoms with Gasteiger partial charge in [0, 0.05) is 15.9 Å². The van der Waals surface area contributed by atoms with E-state index in [1.165, 1.54) is 35.7 Å². The lowest BCUT2D eigenvalue weighted by Gasteiger charge is -2.21. The summed E-state index contributed by atoms with van der Waals surface area (Å²) in [5, 5.41) is 5.12. The molecule has 0 unspecified atom stereocenters. The van der Waals surface area contributed by atoms with Crippen molar-refractivity contribution in [2.75, 3.05) is 12.0 Å². The summed E-state index contributed by atoms with van der Waals surface area (Å²) >= 11 is 3.69. The topological polar surface area (TPSA) is 12.5 Å². The summed E-state index contributed by atoms with van der Waals surface area (Å²) in [6.07, 6.45) is 0. The van der Waals surface area contributed by atoms with Gasteiger partial charge in [0.05, 0.1) is 17.1 Å². The van der Waals surface area contributed by atoms with E-state index in [1.54, 1.807) is 7.11 Å². The molecular weight excluding hydrogens is 382 g/mol. The van der Waals surface area contributed by atoms with Crippen molar-refractivity contribution in [1.29, 1.82) is 0 Å². The zero-order chi connectivity index (χ0) is 18.9. The molecule has 3 aromatic carbocycles. The number of hydrogen-bond acceptors (Lipinski definition) is 4. The zero-order valence-electron chi connectivity index (χ0n) is 15.5. The number of thiophene rings is 2. The Labute approximate surface area is 172 Å². The average Bonchev–Trinajstić information content (AvgIpc) is 3.36. The van der Waals surface area contributed by atoms with Crippen LogP contribution >= 0.6 is 22.7 Å². The Morgan fingerprint density at radius 1 is 0.714 bits per heavy atom. The first-order valence-corrected chi connectivity index (χ1v) is 10.8. The Kier molecular flexibility index (Phi) is 4.51. The van der Waals surface area contributed by atoms with Crippen LogP contribution in [0.15, 0.2) is 84.9 Å². The van der Waals surface area contributed by atoms with Crippen molar-refractivity contribution < 1.29 is 4.74 Å². The Morgan fingerprint density at radius 3 is 1.75 bits per heavy atom. The highest BCUT2D eigenvalue weighted by molar-refractivity contribution is 7.25. The van der Waals surface area contributed by atoms with Gasteiger partial charge in [-0.25, -0.2) is 0 Å². The zero-order valence-corrected chi connectivity index (χ0v) is 17.1. The number of benzene rings is 3. The van der Waals surface area contributed by atoms with Crippen LogP contribution in [0.2, 0.25) is 0 Å². The fourth-order valence-electron chi connectivity index (χ4n) is 3.38. The minimum absolute atomic E-state index is 0.823. The molecule has 0 radical (unpaired) electrons. The molecule has 2 aromatic heterocycles. The summed E-state index contributed by atoms with van der Waals surface area (Å²) in [5.41, 5.74) is 1.26. The first kappa shape index (κ1) is 17.3. The van der Waals surface area contributed by atoms with E-state index in [1.807, 2.05) is 34.8 Å². The van der Waals surface area contributed by atoms with Crippen molar-refractivity contribution in [3.63, 3.8) is 0 Å². The van der Waals surface area contributed by atoms with E-state index in [2.05, 4.69) is 77.7 Å². The van der Waals surface area contributed by atoms with Gasteiger partial charge < -0.3 is 9.64 Å². The molecule has 0 saturated carbocycles. The lowest BCUT2D eigenvalue weighted by Crippen LogP contribution is -2.13. The van der Waals surface area contributed by atoms with Gasteiger partial charge in [0.1, 0.15) is 5.75 Å². The number of ether oxygens (including phenoxy) is 1. The molecule has 0 amide bonds. The Morgan fingerprint density at radius 2 is 1.25 bits per heavy atom. The molecule has 0 spiro atoms. The number of hydrogen-bond donors (Lipinski definition) is 0. The predicted molar refractivity (Wildman–Crippen MR) is 122 cm³/mol. The molecule has 0 N–H and O–H groups in total. The summed E-state index contributed by atoms with van der Waals surface area (Å²) in [7, 11) is 1.70. The summed E-state index contributed by atoms with van der Waals surface area (Å²) < 4.78 is 7.95. The fourth-order valence-corrected chi connectivity index (χ4v) is 5.59. The fraction of sp³-hybridized carbons (Fsp3) is 0.0833. The maximum atomic E-state index is 5.31. The number of anilines is 2. The van der Waals surface area contributed by atoms with Crippen molar-refractivity contribution in [2.45, 2.75) is 6.54 Å². The van der Waals surface area contributed by atoms with Gasteiger partial charge in [0.15, 0.2) is 0 Å². The first-order chi connectivity index (χ1) is 13.8. The molecule has 0 aliphatic carbocycles. The Hall–Kier alpha value is -2.82. The number of methoxy groups -OCH3 is 1. The van der Waals surface area contributed by atoms with E-state index in [4.69, 9.17) is 4.74 Å². The molecule has 0 saturated heterocycles. The van der Waals surface area contributed by atoms with E-state index < -0.39 is 0 Å². The Balaban J connectivity index is 1.59. The van der Waals surface area contributed by atoms with Crippen LogP contribution in [0.4, 0.5) is 10.0 Å².